The number of carbonyl (C=O) groups is 1. The summed E-state index contributed by atoms with van der Waals surface area (Å²) in [6.45, 7) is -0.149. The van der Waals surface area contributed by atoms with E-state index in [-0.39, 0.29) is 18.5 Å². The highest BCUT2D eigenvalue weighted by Gasteiger charge is 2.33. The normalized spacial score (nSPS) is 11.5. The number of carbonyl (C=O) groups excluding carboxylic acids is 1. The fourth-order valence-corrected chi connectivity index (χ4v) is 1.83. The highest BCUT2D eigenvalue weighted by Crippen LogP contribution is 2.32. The molecule has 0 saturated carbocycles. The van der Waals surface area contributed by atoms with Gasteiger partial charge in [0.05, 0.1) is 12.1 Å². The van der Waals surface area contributed by atoms with Crippen LogP contribution in [-0.4, -0.2) is 20.7 Å². The van der Waals surface area contributed by atoms with Gasteiger partial charge in [-0.3, -0.25) is 9.48 Å². The van der Waals surface area contributed by atoms with E-state index in [2.05, 4.69) is 15.4 Å². The standard InChI is InChI=1S/C13H12F4N4O/c14-10-1-2-11(13(15,16)17)9(5-10)6-19-12(22)3-4-21-8-18-7-20-21/h1-2,5,7-8H,3-4,6H2,(H,19,22). The van der Waals surface area contributed by atoms with Crippen LogP contribution >= 0.6 is 0 Å². The van der Waals surface area contributed by atoms with Gasteiger partial charge in [-0.05, 0) is 23.8 Å². The van der Waals surface area contributed by atoms with Crippen molar-refractivity contribution in [2.24, 2.45) is 0 Å². The summed E-state index contributed by atoms with van der Waals surface area (Å²) in [5, 5.41) is 6.13. The Labute approximate surface area is 123 Å². The van der Waals surface area contributed by atoms with E-state index in [0.29, 0.717) is 6.07 Å². The van der Waals surface area contributed by atoms with Crippen molar-refractivity contribution in [3.8, 4) is 0 Å². The van der Waals surface area contributed by atoms with Crippen molar-refractivity contribution in [3.63, 3.8) is 0 Å². The number of halogens is 4. The number of benzene rings is 1. The summed E-state index contributed by atoms with van der Waals surface area (Å²) >= 11 is 0. The van der Waals surface area contributed by atoms with Crippen LogP contribution in [0.4, 0.5) is 17.6 Å². The largest absolute Gasteiger partial charge is 0.416 e. The second kappa shape index (κ2) is 6.54. The number of aromatic nitrogens is 3. The molecule has 5 nitrogen and oxygen atoms in total. The molecule has 22 heavy (non-hydrogen) atoms. The van der Waals surface area contributed by atoms with E-state index in [1.807, 2.05) is 0 Å². The van der Waals surface area contributed by atoms with E-state index >= 15 is 0 Å². The predicted octanol–water partition coefficient (Wildman–Crippen LogP) is 2.14. The highest BCUT2D eigenvalue weighted by atomic mass is 19.4. The molecule has 0 bridgehead atoms. The average molecular weight is 316 g/mol. The maximum atomic E-state index is 13.1. The highest BCUT2D eigenvalue weighted by molar-refractivity contribution is 5.75. The first-order valence-electron chi connectivity index (χ1n) is 6.31. The molecule has 1 aromatic heterocycles. The molecule has 118 valence electrons. The van der Waals surface area contributed by atoms with E-state index in [1.54, 1.807) is 0 Å². The minimum absolute atomic E-state index is 0.0278. The van der Waals surface area contributed by atoms with Gasteiger partial charge in [0.1, 0.15) is 18.5 Å². The molecular formula is C13H12F4N4O. The van der Waals surface area contributed by atoms with Crippen LogP contribution in [0.5, 0.6) is 0 Å². The summed E-state index contributed by atoms with van der Waals surface area (Å²) in [7, 11) is 0. The summed E-state index contributed by atoms with van der Waals surface area (Å²) in [6.07, 6.45) is -1.85. The molecule has 0 saturated heterocycles. The van der Waals surface area contributed by atoms with Gasteiger partial charge in [0.25, 0.3) is 0 Å². The topological polar surface area (TPSA) is 59.8 Å². The molecule has 0 spiro atoms. The summed E-state index contributed by atoms with van der Waals surface area (Å²) in [6, 6.07) is 2.16. The van der Waals surface area contributed by atoms with Crippen molar-refractivity contribution >= 4 is 5.91 Å². The zero-order chi connectivity index (χ0) is 16.2. The first-order chi connectivity index (χ1) is 10.4. The third-order valence-electron chi connectivity index (χ3n) is 2.88. The molecule has 0 aliphatic rings. The quantitative estimate of drug-likeness (QED) is 0.860. The smallest absolute Gasteiger partial charge is 0.352 e. The maximum Gasteiger partial charge on any atom is 0.416 e. The van der Waals surface area contributed by atoms with E-state index in [0.717, 1.165) is 12.1 Å². The van der Waals surface area contributed by atoms with E-state index in [9.17, 15) is 22.4 Å². The first-order valence-corrected chi connectivity index (χ1v) is 6.31. The number of amides is 1. The fraction of sp³-hybridized carbons (Fsp3) is 0.308. The third-order valence-corrected chi connectivity index (χ3v) is 2.88. The van der Waals surface area contributed by atoms with Gasteiger partial charge in [-0.15, -0.1) is 0 Å². The zero-order valence-corrected chi connectivity index (χ0v) is 11.3. The lowest BCUT2D eigenvalue weighted by atomic mass is 10.1. The molecule has 1 aromatic carbocycles. The summed E-state index contributed by atoms with van der Waals surface area (Å²) < 4.78 is 52.9. The number of nitrogens with zero attached hydrogens (tertiary/aromatic N) is 3. The Morgan fingerprint density at radius 2 is 2.09 bits per heavy atom. The summed E-state index contributed by atoms with van der Waals surface area (Å²) in [5.41, 5.74) is -1.29. The lowest BCUT2D eigenvalue weighted by Gasteiger charge is -2.13. The van der Waals surface area contributed by atoms with Gasteiger partial charge in [0, 0.05) is 13.0 Å². The Morgan fingerprint density at radius 3 is 2.73 bits per heavy atom. The number of aryl methyl sites for hydroxylation is 1. The van der Waals surface area contributed by atoms with Crippen molar-refractivity contribution in [3.05, 3.63) is 47.8 Å². The second-order valence-corrected chi connectivity index (χ2v) is 4.48. The van der Waals surface area contributed by atoms with E-state index < -0.39 is 30.0 Å². The molecule has 0 atom stereocenters. The number of hydrogen-bond acceptors (Lipinski definition) is 3. The first kappa shape index (κ1) is 15.9. The molecule has 1 amide bonds. The van der Waals surface area contributed by atoms with Gasteiger partial charge in [-0.25, -0.2) is 9.37 Å². The van der Waals surface area contributed by atoms with E-state index in [4.69, 9.17) is 0 Å². The Kier molecular flexibility index (Phi) is 4.74. The molecule has 9 heteroatoms. The van der Waals surface area contributed by atoms with Crippen LogP contribution < -0.4 is 5.32 Å². The molecule has 2 rings (SSSR count). The number of hydrogen-bond donors (Lipinski definition) is 1. The minimum Gasteiger partial charge on any atom is -0.352 e. The lowest BCUT2D eigenvalue weighted by molar-refractivity contribution is -0.138. The SMILES string of the molecule is O=C(CCn1cncn1)NCc1cc(F)ccc1C(F)(F)F. The van der Waals surface area contributed by atoms with Crippen LogP contribution in [0.2, 0.25) is 0 Å². The number of nitrogens with one attached hydrogen (secondary N) is 1. The average Bonchev–Trinajstić information content (AvgIpc) is 2.95. The molecular weight excluding hydrogens is 304 g/mol. The molecule has 1 heterocycles. The van der Waals surface area contributed by atoms with Gasteiger partial charge >= 0.3 is 6.18 Å². The molecule has 0 aliphatic heterocycles. The van der Waals surface area contributed by atoms with Crippen LogP contribution in [0.25, 0.3) is 0 Å². The predicted molar refractivity (Wildman–Crippen MR) is 67.9 cm³/mol. The Morgan fingerprint density at radius 1 is 1.32 bits per heavy atom. The van der Waals surface area contributed by atoms with Crippen LogP contribution in [0.3, 0.4) is 0 Å². The monoisotopic (exact) mass is 316 g/mol. The van der Waals surface area contributed by atoms with Crippen molar-refractivity contribution in [2.75, 3.05) is 0 Å². The Hall–Kier alpha value is -2.45. The van der Waals surface area contributed by atoms with Gasteiger partial charge in [0.2, 0.25) is 5.91 Å². The van der Waals surface area contributed by atoms with Crippen LogP contribution in [0, 0.1) is 5.82 Å². The molecule has 0 radical (unpaired) electrons. The fourth-order valence-electron chi connectivity index (χ4n) is 1.83. The van der Waals surface area contributed by atoms with Crippen molar-refractivity contribution in [2.45, 2.75) is 25.7 Å². The third kappa shape index (κ3) is 4.27. The second-order valence-electron chi connectivity index (χ2n) is 4.48. The molecule has 0 aliphatic carbocycles. The van der Waals surface area contributed by atoms with Crippen LogP contribution in [0.1, 0.15) is 17.5 Å². The number of alkyl halides is 3. The van der Waals surface area contributed by atoms with Crippen LogP contribution in [-0.2, 0) is 24.1 Å². The maximum absolute atomic E-state index is 13.1. The van der Waals surface area contributed by atoms with Crippen molar-refractivity contribution in [1.29, 1.82) is 0 Å². The van der Waals surface area contributed by atoms with Crippen molar-refractivity contribution < 1.29 is 22.4 Å². The minimum atomic E-state index is -4.60. The molecule has 0 unspecified atom stereocenters. The summed E-state index contributed by atoms with van der Waals surface area (Å²) in [5.74, 6) is -1.26. The van der Waals surface area contributed by atoms with E-state index in [1.165, 1.54) is 17.3 Å². The molecule has 1 N–H and O–H groups in total. The molecule has 2 aromatic rings. The number of rotatable bonds is 5. The zero-order valence-electron chi connectivity index (χ0n) is 11.3. The van der Waals surface area contributed by atoms with Gasteiger partial charge in [-0.2, -0.15) is 18.3 Å². The van der Waals surface area contributed by atoms with Gasteiger partial charge < -0.3 is 5.32 Å². The Bertz CT molecular complexity index is 640. The Balaban J connectivity index is 1.96. The lowest BCUT2D eigenvalue weighted by Crippen LogP contribution is -2.25. The van der Waals surface area contributed by atoms with Gasteiger partial charge in [-0.1, -0.05) is 0 Å². The van der Waals surface area contributed by atoms with Crippen molar-refractivity contribution in [1.82, 2.24) is 20.1 Å². The molecule has 0 fully saturated rings. The van der Waals surface area contributed by atoms with Crippen LogP contribution in [0.15, 0.2) is 30.9 Å². The summed E-state index contributed by atoms with van der Waals surface area (Å²) in [4.78, 5) is 15.3. The van der Waals surface area contributed by atoms with Gasteiger partial charge in [0.15, 0.2) is 0 Å².